The Balaban J connectivity index is 1.63. The minimum atomic E-state index is -0.286. The molecular formula is C22H27N5O3. The van der Waals surface area contributed by atoms with E-state index in [2.05, 4.69) is 9.97 Å². The number of nitrogens with zero attached hydrogens (tertiary/aromatic N) is 4. The molecule has 8 heteroatoms. The molecule has 4 heterocycles. The Morgan fingerprint density at radius 1 is 1.27 bits per heavy atom. The van der Waals surface area contributed by atoms with Crippen LogP contribution in [0.2, 0.25) is 0 Å². The zero-order valence-corrected chi connectivity index (χ0v) is 17.3. The summed E-state index contributed by atoms with van der Waals surface area (Å²) in [4.78, 5) is 53.5. The van der Waals surface area contributed by atoms with Gasteiger partial charge in [0.15, 0.2) is 0 Å². The monoisotopic (exact) mass is 409 g/mol. The van der Waals surface area contributed by atoms with Gasteiger partial charge in [-0.25, -0.2) is 4.98 Å². The molecular weight excluding hydrogens is 382 g/mol. The topological polar surface area (TPSA) is 99.3 Å². The predicted octanol–water partition coefficient (Wildman–Crippen LogP) is 2.22. The number of rotatable bonds is 4. The highest BCUT2D eigenvalue weighted by Gasteiger charge is 2.32. The molecule has 1 atom stereocenters. The maximum absolute atomic E-state index is 13.1. The molecule has 0 bridgehead atoms. The summed E-state index contributed by atoms with van der Waals surface area (Å²) in [5, 5.41) is 0. The largest absolute Gasteiger partial charge is 0.336 e. The number of H-pyrrole nitrogens is 1. The molecule has 1 N–H and O–H groups in total. The van der Waals surface area contributed by atoms with Crippen molar-refractivity contribution in [2.24, 2.45) is 0 Å². The molecule has 0 aromatic carbocycles. The van der Waals surface area contributed by atoms with Crippen molar-refractivity contribution < 1.29 is 9.59 Å². The van der Waals surface area contributed by atoms with Crippen molar-refractivity contribution in [1.29, 1.82) is 0 Å². The van der Waals surface area contributed by atoms with E-state index in [1.807, 2.05) is 6.92 Å². The van der Waals surface area contributed by atoms with Gasteiger partial charge in [-0.05, 0) is 44.2 Å². The van der Waals surface area contributed by atoms with Gasteiger partial charge < -0.3 is 14.8 Å². The lowest BCUT2D eigenvalue weighted by molar-refractivity contribution is -0.132. The molecule has 2 aliphatic heterocycles. The Morgan fingerprint density at radius 2 is 2.13 bits per heavy atom. The van der Waals surface area contributed by atoms with E-state index >= 15 is 0 Å². The van der Waals surface area contributed by atoms with E-state index in [0.717, 1.165) is 25.7 Å². The van der Waals surface area contributed by atoms with Crippen LogP contribution in [0.25, 0.3) is 0 Å². The van der Waals surface area contributed by atoms with Crippen molar-refractivity contribution in [3.05, 3.63) is 57.5 Å². The van der Waals surface area contributed by atoms with Crippen molar-refractivity contribution in [1.82, 2.24) is 24.8 Å². The summed E-state index contributed by atoms with van der Waals surface area (Å²) in [7, 11) is 0. The summed E-state index contributed by atoms with van der Waals surface area (Å²) in [6, 6.07) is 3.21. The minimum Gasteiger partial charge on any atom is -0.336 e. The van der Waals surface area contributed by atoms with Gasteiger partial charge >= 0.3 is 0 Å². The number of hydrogen-bond acceptors (Lipinski definition) is 5. The highest BCUT2D eigenvalue weighted by molar-refractivity contribution is 5.94. The van der Waals surface area contributed by atoms with E-state index < -0.39 is 0 Å². The van der Waals surface area contributed by atoms with Crippen LogP contribution in [0.3, 0.4) is 0 Å². The van der Waals surface area contributed by atoms with Gasteiger partial charge in [-0.1, -0.05) is 6.92 Å². The van der Waals surface area contributed by atoms with Gasteiger partial charge in [0, 0.05) is 37.5 Å². The molecule has 4 rings (SSSR count). The molecule has 8 nitrogen and oxygen atoms in total. The first kappa shape index (κ1) is 20.3. The summed E-state index contributed by atoms with van der Waals surface area (Å²) < 4.78 is 0. The normalized spacial score (nSPS) is 18.8. The smallest absolute Gasteiger partial charge is 0.256 e. The van der Waals surface area contributed by atoms with Crippen LogP contribution in [0.1, 0.15) is 72.5 Å². The van der Waals surface area contributed by atoms with Crippen LogP contribution in [0.5, 0.6) is 0 Å². The van der Waals surface area contributed by atoms with E-state index in [1.54, 1.807) is 34.3 Å². The second kappa shape index (κ2) is 8.77. The fourth-order valence-corrected chi connectivity index (χ4v) is 4.32. The van der Waals surface area contributed by atoms with E-state index in [4.69, 9.17) is 4.98 Å². The molecule has 2 aromatic heterocycles. The first-order chi connectivity index (χ1) is 14.6. The van der Waals surface area contributed by atoms with E-state index in [1.165, 1.54) is 0 Å². The number of amides is 2. The highest BCUT2D eigenvalue weighted by Crippen LogP contribution is 2.30. The van der Waals surface area contributed by atoms with Crippen molar-refractivity contribution in [2.45, 2.75) is 58.0 Å². The van der Waals surface area contributed by atoms with Crippen molar-refractivity contribution in [3.8, 4) is 0 Å². The van der Waals surface area contributed by atoms with Crippen LogP contribution in [-0.2, 0) is 17.8 Å². The number of likely N-dealkylation sites (tertiary alicyclic amines) is 1. The third kappa shape index (κ3) is 3.99. The van der Waals surface area contributed by atoms with Crippen LogP contribution in [-0.4, -0.2) is 49.7 Å². The summed E-state index contributed by atoms with van der Waals surface area (Å²) in [5.41, 5.74) is 1.68. The van der Waals surface area contributed by atoms with Gasteiger partial charge in [-0.3, -0.25) is 19.4 Å². The van der Waals surface area contributed by atoms with Crippen LogP contribution in [0, 0.1) is 0 Å². The second-order valence-electron chi connectivity index (χ2n) is 7.94. The summed E-state index contributed by atoms with van der Waals surface area (Å²) >= 11 is 0. The zero-order chi connectivity index (χ0) is 21.1. The molecule has 2 aliphatic rings. The van der Waals surface area contributed by atoms with Gasteiger partial charge in [0.1, 0.15) is 5.82 Å². The third-order valence-electron chi connectivity index (χ3n) is 5.90. The lowest BCUT2D eigenvalue weighted by Crippen LogP contribution is -2.42. The van der Waals surface area contributed by atoms with Gasteiger partial charge in [0.05, 0.1) is 23.8 Å². The molecule has 0 radical (unpaired) electrons. The van der Waals surface area contributed by atoms with Gasteiger partial charge in [0.2, 0.25) is 5.91 Å². The number of hydrogen-bond donors (Lipinski definition) is 1. The average Bonchev–Trinajstić information content (AvgIpc) is 2.79. The fraction of sp³-hybridized carbons (Fsp3) is 0.500. The minimum absolute atomic E-state index is 0.0952. The van der Waals surface area contributed by atoms with Crippen molar-refractivity contribution in [2.75, 3.05) is 13.1 Å². The Kier molecular flexibility index (Phi) is 5.92. The number of aromatic nitrogens is 3. The second-order valence-corrected chi connectivity index (χ2v) is 7.94. The lowest BCUT2D eigenvalue weighted by Gasteiger charge is -2.36. The maximum Gasteiger partial charge on any atom is 0.256 e. The van der Waals surface area contributed by atoms with Gasteiger partial charge in [-0.15, -0.1) is 0 Å². The fourth-order valence-electron chi connectivity index (χ4n) is 4.32. The standard InChI is InChI=1S/C22H27N5O3/c1-2-6-19(28)26-12-9-16-17(14-26)24-20(25-21(16)29)18-8-3-4-11-27(18)22(30)15-7-5-10-23-13-15/h5,7,10,13,18H,2-4,6,8-9,11-12,14H2,1H3,(H,24,25,29). The summed E-state index contributed by atoms with van der Waals surface area (Å²) in [6.45, 7) is 3.49. The van der Waals surface area contributed by atoms with Crippen molar-refractivity contribution >= 4 is 11.8 Å². The Bertz CT molecular complexity index is 988. The van der Waals surface area contributed by atoms with Crippen molar-refractivity contribution in [3.63, 3.8) is 0 Å². The molecule has 1 unspecified atom stereocenters. The Labute approximate surface area is 175 Å². The molecule has 2 aromatic rings. The highest BCUT2D eigenvalue weighted by atomic mass is 16.2. The van der Waals surface area contributed by atoms with E-state index in [-0.39, 0.29) is 23.4 Å². The number of pyridine rings is 1. The number of aromatic amines is 1. The van der Waals surface area contributed by atoms with E-state index in [9.17, 15) is 14.4 Å². The van der Waals surface area contributed by atoms with E-state index in [0.29, 0.717) is 55.1 Å². The molecule has 0 aliphatic carbocycles. The summed E-state index contributed by atoms with van der Waals surface area (Å²) in [5.74, 6) is 0.506. The molecule has 2 amide bonds. The number of nitrogens with one attached hydrogen (secondary N) is 1. The van der Waals surface area contributed by atoms with Crippen LogP contribution in [0.15, 0.2) is 29.3 Å². The number of piperidine rings is 1. The molecule has 158 valence electrons. The average molecular weight is 409 g/mol. The molecule has 0 saturated carbocycles. The lowest BCUT2D eigenvalue weighted by atomic mass is 9.99. The molecule has 1 fully saturated rings. The van der Waals surface area contributed by atoms with Crippen LogP contribution >= 0.6 is 0 Å². The zero-order valence-electron chi connectivity index (χ0n) is 17.3. The van der Waals surface area contributed by atoms with Gasteiger partial charge in [0.25, 0.3) is 11.5 Å². The maximum atomic E-state index is 13.1. The summed E-state index contributed by atoms with van der Waals surface area (Å²) in [6.07, 6.45) is 7.63. The Hall–Kier alpha value is -3.03. The molecule has 30 heavy (non-hydrogen) atoms. The number of fused-ring (bicyclic) bond motifs is 1. The number of carbonyl (C=O) groups excluding carboxylic acids is 2. The SMILES string of the molecule is CCCC(=O)N1CCc2c(nc(C3CCCCN3C(=O)c3cccnc3)[nH]c2=O)C1. The Morgan fingerprint density at radius 3 is 2.90 bits per heavy atom. The number of carbonyl (C=O) groups is 2. The first-order valence-electron chi connectivity index (χ1n) is 10.7. The predicted molar refractivity (Wildman–Crippen MR) is 111 cm³/mol. The quantitative estimate of drug-likeness (QED) is 0.835. The van der Waals surface area contributed by atoms with Gasteiger partial charge in [-0.2, -0.15) is 0 Å². The third-order valence-corrected chi connectivity index (χ3v) is 5.90. The van der Waals surface area contributed by atoms with Crippen LogP contribution < -0.4 is 5.56 Å². The molecule has 1 saturated heterocycles. The first-order valence-corrected chi connectivity index (χ1v) is 10.7. The van der Waals surface area contributed by atoms with Crippen LogP contribution in [0.4, 0.5) is 0 Å². The molecule has 0 spiro atoms.